The van der Waals surface area contributed by atoms with Crippen LogP contribution < -0.4 is 5.32 Å². The van der Waals surface area contributed by atoms with Gasteiger partial charge in [-0.2, -0.15) is 0 Å². The fraction of sp³-hybridized carbons (Fsp3) is 1.00. The molecule has 0 radical (unpaired) electrons. The second-order valence-corrected chi connectivity index (χ2v) is 5.04. The van der Waals surface area contributed by atoms with Crippen molar-refractivity contribution in [2.75, 3.05) is 20.3 Å². The normalized spacial score (nSPS) is 20.6. The van der Waals surface area contributed by atoms with Crippen molar-refractivity contribution < 1.29 is 9.47 Å². The van der Waals surface area contributed by atoms with Gasteiger partial charge in [-0.1, -0.05) is 39.5 Å². The Kier molecular flexibility index (Phi) is 7.82. The molecule has 1 rings (SSSR count). The van der Waals surface area contributed by atoms with E-state index in [-0.39, 0.29) is 6.29 Å². The highest BCUT2D eigenvalue weighted by Crippen LogP contribution is 2.22. The van der Waals surface area contributed by atoms with Gasteiger partial charge in [-0.15, -0.1) is 0 Å². The van der Waals surface area contributed by atoms with Crippen molar-refractivity contribution >= 4 is 0 Å². The summed E-state index contributed by atoms with van der Waals surface area (Å²) >= 11 is 0. The molecule has 1 heterocycles. The number of nitrogens with one attached hydrogen (secondary N) is 1. The molecule has 0 amide bonds. The smallest absolute Gasteiger partial charge is 0.159 e. The fourth-order valence-electron chi connectivity index (χ4n) is 2.49. The van der Waals surface area contributed by atoms with E-state index < -0.39 is 0 Å². The maximum absolute atomic E-state index is 5.52. The summed E-state index contributed by atoms with van der Waals surface area (Å²) in [7, 11) is 2.05. The highest BCUT2D eigenvalue weighted by Gasteiger charge is 2.22. The zero-order valence-electron chi connectivity index (χ0n) is 11.7. The van der Waals surface area contributed by atoms with Crippen LogP contribution in [0.1, 0.15) is 52.4 Å². The Morgan fingerprint density at radius 2 is 1.94 bits per heavy atom. The Morgan fingerprint density at radius 1 is 1.24 bits per heavy atom. The minimum atomic E-state index is 0.0242. The van der Waals surface area contributed by atoms with Gasteiger partial charge >= 0.3 is 0 Å². The van der Waals surface area contributed by atoms with Gasteiger partial charge in [0.25, 0.3) is 0 Å². The van der Waals surface area contributed by atoms with Crippen LogP contribution in [0.2, 0.25) is 0 Å². The maximum atomic E-state index is 5.52. The van der Waals surface area contributed by atoms with Crippen LogP contribution in [0.4, 0.5) is 0 Å². The molecule has 0 aromatic rings. The molecule has 1 aliphatic heterocycles. The average molecular weight is 243 g/mol. The van der Waals surface area contributed by atoms with Gasteiger partial charge in [-0.3, -0.25) is 0 Å². The molecule has 1 saturated heterocycles. The van der Waals surface area contributed by atoms with Gasteiger partial charge in [0, 0.05) is 12.5 Å². The lowest BCUT2D eigenvalue weighted by Crippen LogP contribution is -2.32. The SMILES string of the molecule is CCCCC(CC)CC(CC1OCCO1)NC. The third-order valence-electron chi connectivity index (χ3n) is 3.74. The molecule has 3 heteroatoms. The number of ether oxygens (including phenoxy) is 2. The summed E-state index contributed by atoms with van der Waals surface area (Å²) in [5.41, 5.74) is 0. The Bertz CT molecular complexity index is 181. The van der Waals surface area contributed by atoms with Crippen LogP contribution in [-0.4, -0.2) is 32.6 Å². The van der Waals surface area contributed by atoms with Crippen LogP contribution in [0.5, 0.6) is 0 Å². The summed E-state index contributed by atoms with van der Waals surface area (Å²) in [6.07, 6.45) is 7.55. The summed E-state index contributed by atoms with van der Waals surface area (Å²) < 4.78 is 11.0. The minimum absolute atomic E-state index is 0.0242. The standard InChI is InChI=1S/C14H29NO2/c1-4-6-7-12(5-2)10-13(15-3)11-14-16-8-9-17-14/h12-15H,4-11H2,1-3H3. The van der Waals surface area contributed by atoms with Crippen molar-refractivity contribution in [3.63, 3.8) is 0 Å². The monoisotopic (exact) mass is 243 g/mol. The van der Waals surface area contributed by atoms with E-state index in [0.717, 1.165) is 25.6 Å². The van der Waals surface area contributed by atoms with Crippen molar-refractivity contribution in [2.45, 2.75) is 64.7 Å². The molecule has 0 saturated carbocycles. The van der Waals surface area contributed by atoms with Gasteiger partial charge in [0.15, 0.2) is 6.29 Å². The van der Waals surface area contributed by atoms with E-state index in [0.29, 0.717) is 6.04 Å². The van der Waals surface area contributed by atoms with Crippen molar-refractivity contribution in [2.24, 2.45) is 5.92 Å². The number of hydrogen-bond donors (Lipinski definition) is 1. The Labute approximate surface area is 106 Å². The van der Waals surface area contributed by atoms with Gasteiger partial charge in [-0.25, -0.2) is 0 Å². The van der Waals surface area contributed by atoms with E-state index >= 15 is 0 Å². The van der Waals surface area contributed by atoms with Crippen LogP contribution >= 0.6 is 0 Å². The Hall–Kier alpha value is -0.120. The molecule has 0 aliphatic carbocycles. The molecule has 1 N–H and O–H groups in total. The molecular formula is C14H29NO2. The molecule has 0 aromatic carbocycles. The van der Waals surface area contributed by atoms with Crippen molar-refractivity contribution in [1.29, 1.82) is 0 Å². The molecule has 2 unspecified atom stereocenters. The van der Waals surface area contributed by atoms with Gasteiger partial charge in [0.2, 0.25) is 0 Å². The van der Waals surface area contributed by atoms with Crippen LogP contribution in [0.25, 0.3) is 0 Å². The lowest BCUT2D eigenvalue weighted by atomic mass is 9.91. The van der Waals surface area contributed by atoms with E-state index in [4.69, 9.17) is 9.47 Å². The van der Waals surface area contributed by atoms with Crippen molar-refractivity contribution in [3.05, 3.63) is 0 Å². The third-order valence-corrected chi connectivity index (χ3v) is 3.74. The van der Waals surface area contributed by atoms with Crippen molar-refractivity contribution in [3.8, 4) is 0 Å². The largest absolute Gasteiger partial charge is 0.350 e. The van der Waals surface area contributed by atoms with Crippen LogP contribution in [0.15, 0.2) is 0 Å². The molecular weight excluding hydrogens is 214 g/mol. The quantitative estimate of drug-likeness (QED) is 0.675. The Morgan fingerprint density at radius 3 is 2.47 bits per heavy atom. The summed E-state index contributed by atoms with van der Waals surface area (Å²) in [6, 6.07) is 0.528. The van der Waals surface area contributed by atoms with E-state index in [1.54, 1.807) is 0 Å². The highest BCUT2D eigenvalue weighted by molar-refractivity contribution is 4.72. The summed E-state index contributed by atoms with van der Waals surface area (Å²) in [4.78, 5) is 0. The first-order valence-electron chi connectivity index (χ1n) is 7.20. The molecule has 0 bridgehead atoms. The predicted molar refractivity (Wildman–Crippen MR) is 71.1 cm³/mol. The number of rotatable bonds is 9. The predicted octanol–water partition coefficient (Wildman–Crippen LogP) is 2.94. The Balaban J connectivity index is 2.27. The first-order chi connectivity index (χ1) is 8.30. The van der Waals surface area contributed by atoms with Gasteiger partial charge in [0.05, 0.1) is 13.2 Å². The van der Waals surface area contributed by atoms with E-state index in [1.165, 1.54) is 32.1 Å². The first kappa shape index (κ1) is 14.9. The van der Waals surface area contributed by atoms with Crippen LogP contribution in [-0.2, 0) is 9.47 Å². The molecule has 2 atom stereocenters. The van der Waals surface area contributed by atoms with Crippen LogP contribution in [0, 0.1) is 5.92 Å². The summed E-state index contributed by atoms with van der Waals surface area (Å²) in [6.45, 7) is 6.08. The molecule has 1 aliphatic rings. The molecule has 3 nitrogen and oxygen atoms in total. The lowest BCUT2D eigenvalue weighted by Gasteiger charge is -2.24. The van der Waals surface area contributed by atoms with Crippen molar-refractivity contribution in [1.82, 2.24) is 5.32 Å². The topological polar surface area (TPSA) is 30.5 Å². The van der Waals surface area contributed by atoms with Crippen LogP contribution in [0.3, 0.4) is 0 Å². The number of hydrogen-bond acceptors (Lipinski definition) is 3. The highest BCUT2D eigenvalue weighted by atomic mass is 16.7. The zero-order valence-corrected chi connectivity index (χ0v) is 11.7. The molecule has 102 valence electrons. The first-order valence-corrected chi connectivity index (χ1v) is 7.20. The zero-order chi connectivity index (χ0) is 12.5. The van der Waals surface area contributed by atoms with E-state index in [9.17, 15) is 0 Å². The van der Waals surface area contributed by atoms with Gasteiger partial charge < -0.3 is 14.8 Å². The maximum Gasteiger partial charge on any atom is 0.159 e. The van der Waals surface area contributed by atoms with E-state index in [2.05, 4.69) is 19.2 Å². The minimum Gasteiger partial charge on any atom is -0.350 e. The fourth-order valence-corrected chi connectivity index (χ4v) is 2.49. The summed E-state index contributed by atoms with van der Waals surface area (Å²) in [5, 5.41) is 3.41. The molecule has 1 fully saturated rings. The van der Waals surface area contributed by atoms with Gasteiger partial charge in [-0.05, 0) is 19.4 Å². The van der Waals surface area contributed by atoms with Gasteiger partial charge in [0.1, 0.15) is 0 Å². The molecule has 0 spiro atoms. The number of unbranched alkanes of at least 4 members (excludes halogenated alkanes) is 1. The summed E-state index contributed by atoms with van der Waals surface area (Å²) in [5.74, 6) is 0.841. The second kappa shape index (κ2) is 8.90. The molecule has 17 heavy (non-hydrogen) atoms. The molecule has 0 aromatic heterocycles. The lowest BCUT2D eigenvalue weighted by molar-refractivity contribution is -0.0536. The average Bonchev–Trinajstić information content (AvgIpc) is 2.85. The third kappa shape index (κ3) is 5.84. The second-order valence-electron chi connectivity index (χ2n) is 5.04. The van der Waals surface area contributed by atoms with E-state index in [1.807, 2.05) is 7.05 Å².